The minimum absolute atomic E-state index is 0.0595. The van der Waals surface area contributed by atoms with Crippen LogP contribution in [0.2, 0.25) is 0 Å². The quantitative estimate of drug-likeness (QED) is 0.276. The number of ether oxygens (including phenoxy) is 2. The SMILES string of the molecule is CCOc1cc(/C=c2\sc3nc4ccccc4n3c2=O)ccc1OCc1ccc(I)cc1. The van der Waals surface area contributed by atoms with E-state index in [1.807, 2.05) is 55.5 Å². The fourth-order valence-corrected chi connectivity index (χ4v) is 4.85. The highest BCUT2D eigenvalue weighted by Crippen LogP contribution is 2.29. The summed E-state index contributed by atoms with van der Waals surface area (Å²) in [6.45, 7) is 2.92. The molecule has 0 fully saturated rings. The Bertz CT molecular complexity index is 1520. The predicted octanol–water partition coefficient (Wildman–Crippen LogP) is 5.04. The molecule has 0 saturated heterocycles. The Morgan fingerprint density at radius 1 is 1.03 bits per heavy atom. The fraction of sp³-hybridized carbons (Fsp3) is 0.120. The van der Waals surface area contributed by atoms with Crippen molar-refractivity contribution in [3.8, 4) is 11.5 Å². The van der Waals surface area contributed by atoms with Gasteiger partial charge in [0.1, 0.15) is 6.61 Å². The molecule has 5 aromatic rings. The van der Waals surface area contributed by atoms with Crippen molar-refractivity contribution in [1.29, 1.82) is 0 Å². The molecule has 0 amide bonds. The highest BCUT2D eigenvalue weighted by atomic mass is 127. The van der Waals surface area contributed by atoms with Gasteiger partial charge in [-0.3, -0.25) is 4.79 Å². The summed E-state index contributed by atoms with van der Waals surface area (Å²) in [5.41, 5.74) is 3.57. The van der Waals surface area contributed by atoms with Gasteiger partial charge in [0.05, 0.1) is 22.2 Å². The zero-order valence-corrected chi connectivity index (χ0v) is 20.2. The van der Waals surface area contributed by atoms with Crippen LogP contribution in [0.1, 0.15) is 18.1 Å². The molecule has 5 rings (SSSR count). The first-order chi connectivity index (χ1) is 15.6. The van der Waals surface area contributed by atoms with Crippen molar-refractivity contribution in [2.45, 2.75) is 13.5 Å². The van der Waals surface area contributed by atoms with Gasteiger partial charge in [-0.25, -0.2) is 9.38 Å². The van der Waals surface area contributed by atoms with Gasteiger partial charge in [0, 0.05) is 3.57 Å². The van der Waals surface area contributed by atoms with Crippen LogP contribution < -0.4 is 19.6 Å². The lowest BCUT2D eigenvalue weighted by molar-refractivity contribution is 0.269. The Hall–Kier alpha value is -2.91. The molecule has 7 heteroatoms. The number of thiazole rings is 1. The Labute approximate surface area is 202 Å². The Balaban J connectivity index is 1.48. The highest BCUT2D eigenvalue weighted by molar-refractivity contribution is 14.1. The van der Waals surface area contributed by atoms with Crippen LogP contribution in [0.25, 0.3) is 22.1 Å². The number of hydrogen-bond donors (Lipinski definition) is 0. The van der Waals surface area contributed by atoms with Crippen molar-refractivity contribution in [3.05, 3.63) is 96.3 Å². The summed E-state index contributed by atoms with van der Waals surface area (Å²) in [7, 11) is 0. The Morgan fingerprint density at radius 3 is 2.66 bits per heavy atom. The number of benzene rings is 3. The summed E-state index contributed by atoms with van der Waals surface area (Å²) in [5.74, 6) is 1.34. The van der Waals surface area contributed by atoms with E-state index in [0.29, 0.717) is 34.2 Å². The zero-order chi connectivity index (χ0) is 22.1. The van der Waals surface area contributed by atoms with Crippen molar-refractivity contribution in [2.24, 2.45) is 0 Å². The predicted molar refractivity (Wildman–Crippen MR) is 137 cm³/mol. The van der Waals surface area contributed by atoms with Crippen LogP contribution in [0.4, 0.5) is 0 Å². The molecule has 0 N–H and O–H groups in total. The maximum atomic E-state index is 13.0. The van der Waals surface area contributed by atoms with Crippen LogP contribution in [0.5, 0.6) is 11.5 Å². The molecule has 0 unspecified atom stereocenters. The first kappa shape index (κ1) is 21.0. The van der Waals surface area contributed by atoms with Gasteiger partial charge < -0.3 is 9.47 Å². The lowest BCUT2D eigenvalue weighted by Gasteiger charge is -2.12. The Morgan fingerprint density at radius 2 is 1.84 bits per heavy atom. The minimum atomic E-state index is -0.0595. The smallest absolute Gasteiger partial charge is 0.274 e. The van der Waals surface area contributed by atoms with Gasteiger partial charge in [0.2, 0.25) is 0 Å². The summed E-state index contributed by atoms with van der Waals surface area (Å²) in [6, 6.07) is 21.6. The molecule has 160 valence electrons. The standard InChI is InChI=1S/C25H19IN2O3S/c1-2-30-22-13-17(9-12-21(22)31-15-16-7-10-18(26)11-8-16)14-23-24(29)28-20-6-4-3-5-19(20)27-25(28)32-23/h3-14H,2,15H2,1H3/b23-14-. The van der Waals surface area contributed by atoms with Gasteiger partial charge in [-0.15, -0.1) is 0 Å². The average molecular weight is 554 g/mol. The molecule has 2 heterocycles. The van der Waals surface area contributed by atoms with Crippen molar-refractivity contribution in [3.63, 3.8) is 0 Å². The van der Waals surface area contributed by atoms with Crippen molar-refractivity contribution in [2.75, 3.05) is 6.61 Å². The molecule has 5 nitrogen and oxygen atoms in total. The van der Waals surface area contributed by atoms with Gasteiger partial charge in [-0.05, 0) is 83.1 Å². The monoisotopic (exact) mass is 554 g/mol. The zero-order valence-electron chi connectivity index (χ0n) is 17.2. The molecule has 0 aliphatic rings. The van der Waals surface area contributed by atoms with E-state index in [1.54, 1.807) is 4.40 Å². The second kappa shape index (κ2) is 8.91. The van der Waals surface area contributed by atoms with Gasteiger partial charge in [-0.1, -0.05) is 41.7 Å². The molecule has 32 heavy (non-hydrogen) atoms. The number of halogens is 1. The molecule has 0 bridgehead atoms. The van der Waals surface area contributed by atoms with E-state index in [2.05, 4.69) is 51.8 Å². The lowest BCUT2D eigenvalue weighted by atomic mass is 10.2. The summed E-state index contributed by atoms with van der Waals surface area (Å²) in [5, 5.41) is 0. The normalized spacial score (nSPS) is 12.0. The van der Waals surface area contributed by atoms with Gasteiger partial charge >= 0.3 is 0 Å². The van der Waals surface area contributed by atoms with Crippen LogP contribution in [-0.2, 0) is 6.61 Å². The number of aromatic nitrogens is 2. The average Bonchev–Trinajstić information content (AvgIpc) is 3.31. The maximum Gasteiger partial charge on any atom is 0.274 e. The third-order valence-electron chi connectivity index (χ3n) is 5.02. The molecule has 0 saturated carbocycles. The van der Waals surface area contributed by atoms with E-state index in [1.165, 1.54) is 14.9 Å². The van der Waals surface area contributed by atoms with Crippen LogP contribution in [0, 0.1) is 3.57 Å². The van der Waals surface area contributed by atoms with E-state index in [0.717, 1.165) is 22.2 Å². The van der Waals surface area contributed by atoms with Gasteiger partial charge in [-0.2, -0.15) is 0 Å². The van der Waals surface area contributed by atoms with E-state index in [9.17, 15) is 4.79 Å². The number of rotatable bonds is 6. The Kier molecular flexibility index (Phi) is 5.84. The molecule has 0 aliphatic carbocycles. The summed E-state index contributed by atoms with van der Waals surface area (Å²) in [4.78, 5) is 18.3. The van der Waals surface area contributed by atoms with Crippen LogP contribution in [0.15, 0.2) is 71.5 Å². The molecule has 2 aromatic heterocycles. The van der Waals surface area contributed by atoms with E-state index in [-0.39, 0.29) is 5.56 Å². The third kappa shape index (κ3) is 4.10. The van der Waals surface area contributed by atoms with Crippen molar-refractivity contribution in [1.82, 2.24) is 9.38 Å². The lowest BCUT2D eigenvalue weighted by Crippen LogP contribution is -2.22. The number of imidazole rings is 1. The van der Waals surface area contributed by atoms with Crippen LogP contribution in [0.3, 0.4) is 0 Å². The van der Waals surface area contributed by atoms with Gasteiger partial charge in [0.25, 0.3) is 5.56 Å². The number of hydrogen-bond acceptors (Lipinski definition) is 5. The molecule has 0 atom stereocenters. The second-order valence-corrected chi connectivity index (χ2v) is 9.44. The number of para-hydroxylation sites is 2. The third-order valence-corrected chi connectivity index (χ3v) is 6.71. The first-order valence-electron chi connectivity index (χ1n) is 10.2. The highest BCUT2D eigenvalue weighted by Gasteiger charge is 2.11. The fourth-order valence-electron chi connectivity index (χ4n) is 3.51. The summed E-state index contributed by atoms with van der Waals surface area (Å²) >= 11 is 3.67. The topological polar surface area (TPSA) is 52.8 Å². The largest absolute Gasteiger partial charge is 0.490 e. The molecule has 0 spiro atoms. The maximum absolute atomic E-state index is 13.0. The van der Waals surface area contributed by atoms with E-state index in [4.69, 9.17) is 9.47 Å². The van der Waals surface area contributed by atoms with Crippen LogP contribution in [-0.4, -0.2) is 16.0 Å². The summed E-state index contributed by atoms with van der Waals surface area (Å²) in [6.07, 6.45) is 1.88. The number of nitrogens with zero attached hydrogens (tertiary/aromatic N) is 2. The molecule has 0 aliphatic heterocycles. The molecular formula is C25H19IN2O3S. The minimum Gasteiger partial charge on any atom is -0.490 e. The van der Waals surface area contributed by atoms with Gasteiger partial charge in [0.15, 0.2) is 16.5 Å². The van der Waals surface area contributed by atoms with E-state index < -0.39 is 0 Å². The van der Waals surface area contributed by atoms with Crippen molar-refractivity contribution < 1.29 is 9.47 Å². The van der Waals surface area contributed by atoms with Crippen LogP contribution >= 0.6 is 33.9 Å². The van der Waals surface area contributed by atoms with Crippen molar-refractivity contribution >= 4 is 56.0 Å². The summed E-state index contributed by atoms with van der Waals surface area (Å²) < 4.78 is 15.3. The second-order valence-electron chi connectivity index (χ2n) is 7.19. The molecular weight excluding hydrogens is 535 g/mol. The number of fused-ring (bicyclic) bond motifs is 3. The molecule has 3 aromatic carbocycles. The van der Waals surface area contributed by atoms with E-state index >= 15 is 0 Å². The molecule has 0 radical (unpaired) electrons. The first-order valence-corrected chi connectivity index (χ1v) is 12.1.